The van der Waals surface area contributed by atoms with Crippen molar-refractivity contribution < 1.29 is 34.0 Å². The normalized spacial score (nSPS) is 30.6. The van der Waals surface area contributed by atoms with Crippen LogP contribution in [0.25, 0.3) is 0 Å². The molecule has 126 valence electrons. The Morgan fingerprint density at radius 2 is 1.70 bits per heavy atom. The van der Waals surface area contributed by atoms with Crippen molar-refractivity contribution in [1.29, 1.82) is 0 Å². The predicted molar refractivity (Wildman–Crippen MR) is 78.5 cm³/mol. The van der Waals surface area contributed by atoms with E-state index >= 15 is 0 Å². The highest BCUT2D eigenvalue weighted by molar-refractivity contribution is 5.89. The van der Waals surface area contributed by atoms with Gasteiger partial charge in [0.25, 0.3) is 0 Å². The minimum absolute atomic E-state index is 0.324. The Balaban J connectivity index is 2.11. The Bertz CT molecular complexity index is 568. The monoisotopic (exact) mass is 324 g/mol. The van der Waals surface area contributed by atoms with Gasteiger partial charge in [0, 0.05) is 6.92 Å². The minimum atomic E-state index is -1.49. The number of rotatable bonds is 3. The fourth-order valence-electron chi connectivity index (χ4n) is 2.37. The van der Waals surface area contributed by atoms with Crippen molar-refractivity contribution in [2.45, 2.75) is 51.5 Å². The maximum absolute atomic E-state index is 12.2. The third kappa shape index (κ3) is 4.07. The molecule has 1 heterocycles. The molecule has 23 heavy (non-hydrogen) atoms. The van der Waals surface area contributed by atoms with E-state index in [-0.39, 0.29) is 0 Å². The standard InChI is InChI=1S/C16H20O7/c1-8-4-6-11(7-5-8)15(19)23-13-9(2)21-16(20)14(12(13)18)22-10(3)17/h4-7,9,12-14,16,18,20H,1-3H3/t9-,12+,13-,14+,16+/m0/s1. The van der Waals surface area contributed by atoms with E-state index in [4.69, 9.17) is 14.2 Å². The third-order valence-corrected chi connectivity index (χ3v) is 3.60. The smallest absolute Gasteiger partial charge is 0.338 e. The molecule has 0 amide bonds. The van der Waals surface area contributed by atoms with Crippen molar-refractivity contribution in [2.75, 3.05) is 0 Å². The van der Waals surface area contributed by atoms with Crippen molar-refractivity contribution >= 4 is 11.9 Å². The van der Waals surface area contributed by atoms with Gasteiger partial charge in [-0.05, 0) is 26.0 Å². The molecule has 0 spiro atoms. The van der Waals surface area contributed by atoms with Crippen LogP contribution in [-0.4, -0.2) is 52.9 Å². The van der Waals surface area contributed by atoms with Gasteiger partial charge < -0.3 is 24.4 Å². The molecule has 1 aliphatic heterocycles. The second kappa shape index (κ2) is 7.08. The van der Waals surface area contributed by atoms with Gasteiger partial charge in [0.1, 0.15) is 6.10 Å². The van der Waals surface area contributed by atoms with Crippen LogP contribution in [0.1, 0.15) is 29.8 Å². The molecule has 0 unspecified atom stereocenters. The summed E-state index contributed by atoms with van der Waals surface area (Å²) in [5.74, 6) is -1.32. The second-order valence-electron chi connectivity index (χ2n) is 5.53. The Morgan fingerprint density at radius 3 is 2.26 bits per heavy atom. The zero-order chi connectivity index (χ0) is 17.1. The number of aliphatic hydroxyl groups is 2. The van der Waals surface area contributed by atoms with Crippen LogP contribution in [0.5, 0.6) is 0 Å². The van der Waals surface area contributed by atoms with Crippen LogP contribution in [0.4, 0.5) is 0 Å². The molecule has 7 nitrogen and oxygen atoms in total. The molecular weight excluding hydrogens is 304 g/mol. The predicted octanol–water partition coefficient (Wildman–Crippen LogP) is 0.550. The molecule has 1 fully saturated rings. The zero-order valence-corrected chi connectivity index (χ0v) is 13.1. The van der Waals surface area contributed by atoms with E-state index in [0.29, 0.717) is 5.56 Å². The van der Waals surface area contributed by atoms with E-state index in [1.54, 1.807) is 31.2 Å². The minimum Gasteiger partial charge on any atom is -0.454 e. The summed E-state index contributed by atoms with van der Waals surface area (Å²) in [4.78, 5) is 23.2. The lowest BCUT2D eigenvalue weighted by atomic mass is 9.99. The van der Waals surface area contributed by atoms with Gasteiger partial charge >= 0.3 is 11.9 Å². The fourth-order valence-corrected chi connectivity index (χ4v) is 2.37. The molecule has 1 aromatic carbocycles. The van der Waals surface area contributed by atoms with Gasteiger partial charge in [-0.3, -0.25) is 4.79 Å². The average Bonchev–Trinajstić information content (AvgIpc) is 2.48. The van der Waals surface area contributed by atoms with Crippen molar-refractivity contribution in [3.8, 4) is 0 Å². The zero-order valence-electron chi connectivity index (χ0n) is 13.1. The summed E-state index contributed by atoms with van der Waals surface area (Å²) in [6.07, 6.45) is -6.04. The van der Waals surface area contributed by atoms with Gasteiger partial charge in [-0.15, -0.1) is 0 Å². The van der Waals surface area contributed by atoms with E-state index in [2.05, 4.69) is 0 Å². The van der Waals surface area contributed by atoms with E-state index < -0.39 is 42.6 Å². The maximum atomic E-state index is 12.2. The van der Waals surface area contributed by atoms with Crippen LogP contribution < -0.4 is 0 Å². The number of aryl methyl sites for hydroxylation is 1. The highest BCUT2D eigenvalue weighted by Crippen LogP contribution is 2.25. The molecule has 1 saturated heterocycles. The van der Waals surface area contributed by atoms with Gasteiger partial charge in [0.05, 0.1) is 11.7 Å². The van der Waals surface area contributed by atoms with Gasteiger partial charge in [0.15, 0.2) is 18.5 Å². The number of hydrogen-bond acceptors (Lipinski definition) is 7. The Morgan fingerprint density at radius 1 is 1.09 bits per heavy atom. The van der Waals surface area contributed by atoms with Crippen LogP contribution >= 0.6 is 0 Å². The second-order valence-corrected chi connectivity index (χ2v) is 5.53. The Kier molecular flexibility index (Phi) is 5.35. The quantitative estimate of drug-likeness (QED) is 0.783. The van der Waals surface area contributed by atoms with E-state index in [0.717, 1.165) is 12.5 Å². The van der Waals surface area contributed by atoms with E-state index in [9.17, 15) is 19.8 Å². The number of hydrogen-bond donors (Lipinski definition) is 2. The van der Waals surface area contributed by atoms with Crippen molar-refractivity contribution in [1.82, 2.24) is 0 Å². The summed E-state index contributed by atoms with van der Waals surface area (Å²) in [5.41, 5.74) is 1.32. The molecule has 2 rings (SSSR count). The average molecular weight is 324 g/mol. The van der Waals surface area contributed by atoms with Crippen LogP contribution in [0.3, 0.4) is 0 Å². The molecule has 0 aliphatic carbocycles. The van der Waals surface area contributed by atoms with Crippen LogP contribution in [0.15, 0.2) is 24.3 Å². The highest BCUT2D eigenvalue weighted by Gasteiger charge is 2.47. The summed E-state index contributed by atoms with van der Waals surface area (Å²) in [6, 6.07) is 6.74. The van der Waals surface area contributed by atoms with E-state index in [1.165, 1.54) is 0 Å². The summed E-state index contributed by atoms with van der Waals surface area (Å²) >= 11 is 0. The topological polar surface area (TPSA) is 102 Å². The van der Waals surface area contributed by atoms with E-state index in [1.807, 2.05) is 6.92 Å². The molecule has 2 N–H and O–H groups in total. The molecule has 1 aliphatic rings. The number of carbonyl (C=O) groups is 2. The molecule has 0 radical (unpaired) electrons. The maximum Gasteiger partial charge on any atom is 0.338 e. The number of carbonyl (C=O) groups excluding carboxylic acids is 2. The van der Waals surface area contributed by atoms with Crippen LogP contribution in [-0.2, 0) is 19.0 Å². The number of ether oxygens (including phenoxy) is 3. The number of aliphatic hydroxyl groups excluding tert-OH is 2. The van der Waals surface area contributed by atoms with Crippen molar-refractivity contribution in [3.05, 3.63) is 35.4 Å². The van der Waals surface area contributed by atoms with Crippen molar-refractivity contribution in [3.63, 3.8) is 0 Å². The Hall–Kier alpha value is -1.96. The molecular formula is C16H20O7. The lowest BCUT2D eigenvalue weighted by Gasteiger charge is -2.40. The van der Waals surface area contributed by atoms with Gasteiger partial charge in [-0.2, -0.15) is 0 Å². The summed E-state index contributed by atoms with van der Waals surface area (Å²) < 4.78 is 15.3. The molecule has 1 aromatic rings. The SMILES string of the molecule is CC(=O)O[C@@H]1[C@H](O)[C@@H](OC(=O)c2ccc(C)cc2)[C@H](C)O[C@H]1O. The lowest BCUT2D eigenvalue weighted by molar-refractivity contribution is -0.281. The Labute approximate surface area is 133 Å². The summed E-state index contributed by atoms with van der Waals surface area (Å²) in [6.45, 7) is 4.58. The van der Waals surface area contributed by atoms with Gasteiger partial charge in [-0.1, -0.05) is 17.7 Å². The first kappa shape index (κ1) is 17.4. The highest BCUT2D eigenvalue weighted by atomic mass is 16.7. The molecule has 0 aromatic heterocycles. The first-order valence-electron chi connectivity index (χ1n) is 7.26. The number of benzene rings is 1. The first-order chi connectivity index (χ1) is 10.8. The first-order valence-corrected chi connectivity index (χ1v) is 7.26. The van der Waals surface area contributed by atoms with Crippen molar-refractivity contribution in [2.24, 2.45) is 0 Å². The third-order valence-electron chi connectivity index (χ3n) is 3.60. The lowest BCUT2D eigenvalue weighted by Crippen LogP contribution is -2.59. The summed E-state index contributed by atoms with van der Waals surface area (Å²) in [7, 11) is 0. The molecule has 7 heteroatoms. The summed E-state index contributed by atoms with van der Waals surface area (Å²) in [5, 5.41) is 20.0. The molecule has 0 saturated carbocycles. The van der Waals surface area contributed by atoms with Crippen LogP contribution in [0, 0.1) is 6.92 Å². The molecule has 5 atom stereocenters. The van der Waals surface area contributed by atoms with Crippen LogP contribution in [0.2, 0.25) is 0 Å². The fraction of sp³-hybridized carbons (Fsp3) is 0.500. The molecule has 0 bridgehead atoms. The largest absolute Gasteiger partial charge is 0.454 e. The van der Waals surface area contributed by atoms with Gasteiger partial charge in [0.2, 0.25) is 0 Å². The van der Waals surface area contributed by atoms with Gasteiger partial charge in [-0.25, -0.2) is 4.79 Å². The number of esters is 2.